The summed E-state index contributed by atoms with van der Waals surface area (Å²) in [6.45, 7) is 11.9. The Kier molecular flexibility index (Phi) is 9.18. The van der Waals surface area contributed by atoms with Crippen LogP contribution < -0.4 is 14.2 Å². The Morgan fingerprint density at radius 1 is 0.578 bits per heavy atom. The van der Waals surface area contributed by atoms with Crippen molar-refractivity contribution < 1.29 is 28.8 Å². The van der Waals surface area contributed by atoms with Gasteiger partial charge >= 0.3 is 0 Å². The first kappa shape index (κ1) is 31.2. The molecule has 0 aliphatic carbocycles. The van der Waals surface area contributed by atoms with E-state index in [9.17, 15) is 5.11 Å². The van der Waals surface area contributed by atoms with Crippen LogP contribution >= 0.6 is 0 Å². The van der Waals surface area contributed by atoms with Crippen LogP contribution in [-0.4, -0.2) is 56.5 Å². The van der Waals surface area contributed by atoms with Gasteiger partial charge in [-0.25, -0.2) is 0 Å². The van der Waals surface area contributed by atoms with Crippen LogP contribution in [0.25, 0.3) is 0 Å². The van der Waals surface area contributed by atoms with Gasteiger partial charge in [0.05, 0.1) is 19.3 Å². The molecule has 2 aliphatic rings. The molecule has 6 heteroatoms. The minimum absolute atomic E-state index is 0.164. The Bertz CT molecular complexity index is 1520. The normalized spacial score (nSPS) is 18.2. The Labute approximate surface area is 266 Å². The van der Waals surface area contributed by atoms with Crippen molar-refractivity contribution in [1.82, 2.24) is 0 Å². The van der Waals surface area contributed by atoms with Gasteiger partial charge in [-0.15, -0.1) is 0 Å². The van der Waals surface area contributed by atoms with E-state index in [1.165, 1.54) is 22.3 Å². The lowest BCUT2D eigenvalue weighted by Gasteiger charge is -2.27. The minimum Gasteiger partial charge on any atom is -0.491 e. The van der Waals surface area contributed by atoms with E-state index < -0.39 is 6.10 Å². The molecule has 236 valence electrons. The first-order valence-corrected chi connectivity index (χ1v) is 15.9. The average molecular weight is 609 g/mol. The summed E-state index contributed by atoms with van der Waals surface area (Å²) in [6, 6.07) is 33.3. The molecule has 3 atom stereocenters. The van der Waals surface area contributed by atoms with Gasteiger partial charge in [0.1, 0.15) is 49.3 Å². The summed E-state index contributed by atoms with van der Waals surface area (Å²) < 4.78 is 28.0. The van der Waals surface area contributed by atoms with Crippen LogP contribution in [0.4, 0.5) is 0 Å². The second kappa shape index (κ2) is 13.3. The zero-order valence-corrected chi connectivity index (χ0v) is 26.7. The highest BCUT2D eigenvalue weighted by molar-refractivity contribution is 5.43. The lowest BCUT2D eigenvalue weighted by Crippen LogP contribution is -2.21. The van der Waals surface area contributed by atoms with Gasteiger partial charge in [-0.05, 0) is 64.2 Å². The Balaban J connectivity index is 0.983. The molecule has 4 aromatic carbocycles. The predicted molar refractivity (Wildman–Crippen MR) is 176 cm³/mol. The van der Waals surface area contributed by atoms with Gasteiger partial charge in [-0.3, -0.25) is 0 Å². The largest absolute Gasteiger partial charge is 0.491 e. The highest BCUT2D eigenvalue weighted by atomic mass is 16.6. The Hall–Kier alpha value is -3.84. The highest BCUT2D eigenvalue weighted by Gasteiger charge is 2.26. The van der Waals surface area contributed by atoms with E-state index in [1.807, 2.05) is 36.4 Å². The van der Waals surface area contributed by atoms with Crippen LogP contribution in [0.15, 0.2) is 97.1 Å². The molecular formula is C39H44O6. The molecule has 0 amide bonds. The third-order valence-electron chi connectivity index (χ3n) is 8.99. The molecule has 2 aliphatic heterocycles. The monoisotopic (exact) mass is 608 g/mol. The zero-order valence-electron chi connectivity index (χ0n) is 26.7. The molecule has 0 radical (unpaired) electrons. The number of aliphatic hydroxyl groups is 1. The molecule has 1 N–H and O–H groups in total. The van der Waals surface area contributed by atoms with Crippen molar-refractivity contribution in [3.63, 3.8) is 0 Å². The molecule has 3 unspecified atom stereocenters. The molecule has 6 rings (SSSR count). The topological polar surface area (TPSA) is 73.0 Å². The van der Waals surface area contributed by atoms with E-state index in [1.54, 1.807) is 0 Å². The first-order chi connectivity index (χ1) is 21.7. The summed E-state index contributed by atoms with van der Waals surface area (Å²) in [4.78, 5) is 0. The molecule has 2 heterocycles. The quantitative estimate of drug-likeness (QED) is 0.149. The van der Waals surface area contributed by atoms with Crippen molar-refractivity contribution in [2.24, 2.45) is 0 Å². The predicted octanol–water partition coefficient (Wildman–Crippen LogP) is 6.88. The summed E-state index contributed by atoms with van der Waals surface area (Å²) in [5.74, 6) is 2.47. The smallest absolute Gasteiger partial charge is 0.119 e. The van der Waals surface area contributed by atoms with E-state index in [0.717, 1.165) is 36.0 Å². The lowest BCUT2D eigenvalue weighted by atomic mass is 9.78. The minimum atomic E-state index is -0.610. The van der Waals surface area contributed by atoms with Crippen LogP contribution in [-0.2, 0) is 26.7 Å². The van der Waals surface area contributed by atoms with Crippen LogP contribution in [0.1, 0.15) is 55.5 Å². The van der Waals surface area contributed by atoms with Crippen molar-refractivity contribution in [3.05, 3.63) is 125 Å². The molecule has 2 fully saturated rings. The maximum Gasteiger partial charge on any atom is 0.119 e. The van der Waals surface area contributed by atoms with Gasteiger partial charge in [-0.2, -0.15) is 0 Å². The highest BCUT2D eigenvalue weighted by Crippen LogP contribution is 2.34. The lowest BCUT2D eigenvalue weighted by molar-refractivity contribution is 0.108. The van der Waals surface area contributed by atoms with Crippen LogP contribution in [0.5, 0.6) is 17.2 Å². The fourth-order valence-corrected chi connectivity index (χ4v) is 5.52. The van der Waals surface area contributed by atoms with Gasteiger partial charge in [0.15, 0.2) is 0 Å². The van der Waals surface area contributed by atoms with E-state index in [4.69, 9.17) is 23.7 Å². The van der Waals surface area contributed by atoms with Crippen molar-refractivity contribution in [3.8, 4) is 17.2 Å². The molecule has 45 heavy (non-hydrogen) atoms. The maximum atomic E-state index is 10.7. The fraction of sp³-hybridized carbons (Fsp3) is 0.385. The second-order valence-electron chi connectivity index (χ2n) is 13.2. The zero-order chi connectivity index (χ0) is 31.4. The van der Waals surface area contributed by atoms with Gasteiger partial charge in [0.25, 0.3) is 0 Å². The summed E-state index contributed by atoms with van der Waals surface area (Å²) in [5.41, 5.74) is 5.56. The van der Waals surface area contributed by atoms with E-state index in [0.29, 0.717) is 19.6 Å². The van der Waals surface area contributed by atoms with E-state index >= 15 is 0 Å². The van der Waals surface area contributed by atoms with E-state index in [2.05, 4.69) is 88.4 Å². The number of ether oxygens (including phenoxy) is 5. The molecular weight excluding hydrogens is 564 g/mol. The molecule has 4 aromatic rings. The number of aliphatic hydroxyl groups excluding tert-OH is 1. The standard InChI is InChI=1S/C39H44O6/c1-38(2,29-11-17-34(18-12-29)42-23-36-25-44-36)28-7-5-27(6-8-28)21-32(40)22-41-33-15-9-30(10-16-33)39(3,4)31-13-19-35(20-14-31)43-24-37-26-45-37/h5-20,32,36-37,40H,21-26H2,1-4H3. The van der Waals surface area contributed by atoms with Crippen molar-refractivity contribution in [2.45, 2.75) is 63.3 Å². The van der Waals surface area contributed by atoms with Crippen molar-refractivity contribution in [2.75, 3.05) is 33.0 Å². The van der Waals surface area contributed by atoms with Gasteiger partial charge in [-0.1, -0.05) is 88.4 Å². The number of epoxide rings is 2. The third-order valence-corrected chi connectivity index (χ3v) is 8.99. The summed E-state index contributed by atoms with van der Waals surface area (Å²) in [7, 11) is 0. The molecule has 2 saturated heterocycles. The van der Waals surface area contributed by atoms with Crippen LogP contribution in [0.2, 0.25) is 0 Å². The second-order valence-corrected chi connectivity index (χ2v) is 13.2. The van der Waals surface area contributed by atoms with Crippen molar-refractivity contribution in [1.29, 1.82) is 0 Å². The average Bonchev–Trinajstić information content (AvgIpc) is 3.99. The first-order valence-electron chi connectivity index (χ1n) is 15.9. The van der Waals surface area contributed by atoms with Gasteiger partial charge in [0.2, 0.25) is 0 Å². The number of hydrogen-bond acceptors (Lipinski definition) is 6. The number of benzene rings is 4. The molecule has 0 aromatic heterocycles. The Morgan fingerprint density at radius 2 is 0.911 bits per heavy atom. The summed E-state index contributed by atoms with van der Waals surface area (Å²) in [6.07, 6.45) is 0.408. The summed E-state index contributed by atoms with van der Waals surface area (Å²) >= 11 is 0. The van der Waals surface area contributed by atoms with Gasteiger partial charge < -0.3 is 28.8 Å². The van der Waals surface area contributed by atoms with E-state index in [-0.39, 0.29) is 29.6 Å². The fourth-order valence-electron chi connectivity index (χ4n) is 5.52. The van der Waals surface area contributed by atoms with Gasteiger partial charge in [0, 0.05) is 17.3 Å². The number of rotatable bonds is 15. The number of hydrogen-bond donors (Lipinski definition) is 1. The van der Waals surface area contributed by atoms with Crippen LogP contribution in [0, 0.1) is 0 Å². The van der Waals surface area contributed by atoms with Crippen LogP contribution in [0.3, 0.4) is 0 Å². The Morgan fingerprint density at radius 3 is 1.27 bits per heavy atom. The molecule has 0 bridgehead atoms. The third kappa shape index (κ3) is 8.06. The molecule has 0 saturated carbocycles. The summed E-state index contributed by atoms with van der Waals surface area (Å²) in [5, 5.41) is 10.7. The molecule has 6 nitrogen and oxygen atoms in total. The maximum absolute atomic E-state index is 10.7. The SMILES string of the molecule is CC(C)(c1ccc(CC(O)COc2ccc(C(C)(C)c3ccc(OCC4CO4)cc3)cc2)cc1)c1ccc(OCC2CO2)cc1. The molecule has 0 spiro atoms. The van der Waals surface area contributed by atoms with Crippen molar-refractivity contribution >= 4 is 0 Å².